The smallest absolute Gasteiger partial charge is 0.336 e. The summed E-state index contributed by atoms with van der Waals surface area (Å²) >= 11 is 0. The summed E-state index contributed by atoms with van der Waals surface area (Å²) in [6.45, 7) is 0. The van der Waals surface area contributed by atoms with Crippen molar-refractivity contribution in [2.75, 3.05) is 18.6 Å². The molecule has 0 aliphatic carbocycles. The molecule has 1 saturated heterocycles. The van der Waals surface area contributed by atoms with Crippen LogP contribution in [0.2, 0.25) is 0 Å². The molecule has 7 heteroatoms. The van der Waals surface area contributed by atoms with Crippen molar-refractivity contribution in [2.45, 2.75) is 6.42 Å². The van der Waals surface area contributed by atoms with E-state index in [4.69, 9.17) is 4.74 Å². The number of nitro groups is 1. The van der Waals surface area contributed by atoms with E-state index in [1.54, 1.807) is 6.07 Å². The van der Waals surface area contributed by atoms with Crippen LogP contribution in [0.1, 0.15) is 6.42 Å². The molecular formula is C10H12N2O4S. The minimum Gasteiger partial charge on any atom is -0.490 e. The maximum atomic E-state index is 12.0. The molecule has 6 nitrogen and oxygen atoms in total. The van der Waals surface area contributed by atoms with Crippen LogP contribution >= 0.6 is 0 Å². The average molecular weight is 256 g/mol. The van der Waals surface area contributed by atoms with Gasteiger partial charge >= 0.3 is 5.69 Å². The van der Waals surface area contributed by atoms with E-state index in [2.05, 4.69) is 4.36 Å². The molecule has 1 aliphatic heterocycles. The number of benzene rings is 1. The summed E-state index contributed by atoms with van der Waals surface area (Å²) in [4.78, 5) is 10.4. The van der Waals surface area contributed by atoms with Crippen molar-refractivity contribution in [3.05, 3.63) is 28.3 Å². The van der Waals surface area contributed by atoms with E-state index >= 15 is 0 Å². The van der Waals surface area contributed by atoms with Crippen LogP contribution in [0.25, 0.3) is 0 Å². The number of ether oxygens (including phenoxy) is 1. The highest BCUT2D eigenvalue weighted by molar-refractivity contribution is 7.95. The topological polar surface area (TPSA) is 81.8 Å². The largest absolute Gasteiger partial charge is 0.490 e. The Kier molecular flexibility index (Phi) is 3.01. The Balaban J connectivity index is 2.58. The summed E-state index contributed by atoms with van der Waals surface area (Å²) in [5, 5.41) is 11.0. The van der Waals surface area contributed by atoms with Gasteiger partial charge in [0.15, 0.2) is 11.4 Å². The van der Waals surface area contributed by atoms with Crippen molar-refractivity contribution in [3.63, 3.8) is 0 Å². The normalized spacial score (nSPS) is 17.0. The summed E-state index contributed by atoms with van der Waals surface area (Å²) in [6, 6.07) is 4.59. The fourth-order valence-electron chi connectivity index (χ4n) is 1.59. The number of hydrogen-bond donors (Lipinski definition) is 0. The molecule has 0 atom stereocenters. The van der Waals surface area contributed by atoms with Crippen molar-refractivity contribution in [1.82, 2.24) is 0 Å². The lowest BCUT2D eigenvalue weighted by Crippen LogP contribution is -2.23. The number of methoxy groups -OCH3 is 1. The van der Waals surface area contributed by atoms with E-state index in [1.807, 2.05) is 0 Å². The molecule has 0 aromatic heterocycles. The summed E-state index contributed by atoms with van der Waals surface area (Å²) < 4.78 is 20.9. The van der Waals surface area contributed by atoms with E-state index < -0.39 is 14.7 Å². The summed E-state index contributed by atoms with van der Waals surface area (Å²) in [5.74, 6) is 1.17. The van der Waals surface area contributed by atoms with Crippen LogP contribution < -0.4 is 4.74 Å². The van der Waals surface area contributed by atoms with Gasteiger partial charge in [-0.25, -0.2) is 4.21 Å². The van der Waals surface area contributed by atoms with E-state index in [-0.39, 0.29) is 17.1 Å². The van der Waals surface area contributed by atoms with Gasteiger partial charge in [0.25, 0.3) is 0 Å². The first-order valence-corrected chi connectivity index (χ1v) is 6.95. The molecule has 0 bridgehead atoms. The van der Waals surface area contributed by atoms with Gasteiger partial charge in [-0.3, -0.25) is 10.1 Å². The Morgan fingerprint density at radius 3 is 2.65 bits per heavy atom. The summed E-state index contributed by atoms with van der Waals surface area (Å²) in [5.41, 5.74) is -0.0799. The highest BCUT2D eigenvalue weighted by Crippen LogP contribution is 2.38. The zero-order valence-corrected chi connectivity index (χ0v) is 10.1. The predicted molar refractivity (Wildman–Crippen MR) is 64.2 cm³/mol. The van der Waals surface area contributed by atoms with Crippen molar-refractivity contribution in [1.29, 1.82) is 0 Å². The molecule has 92 valence electrons. The molecule has 0 radical (unpaired) electrons. The van der Waals surface area contributed by atoms with Crippen molar-refractivity contribution < 1.29 is 13.9 Å². The molecule has 1 aliphatic rings. The van der Waals surface area contributed by atoms with Gasteiger partial charge in [-0.05, 0) is 18.6 Å². The Hall–Kier alpha value is -1.63. The molecule has 0 unspecified atom stereocenters. The minimum absolute atomic E-state index is 0.138. The Morgan fingerprint density at radius 2 is 2.18 bits per heavy atom. The molecular weight excluding hydrogens is 244 g/mol. The molecule has 1 fully saturated rings. The second-order valence-electron chi connectivity index (χ2n) is 3.71. The van der Waals surface area contributed by atoms with Crippen LogP contribution in [0.15, 0.2) is 22.6 Å². The Bertz CT molecular complexity index is 566. The van der Waals surface area contributed by atoms with Gasteiger partial charge in [-0.2, -0.15) is 4.36 Å². The lowest BCUT2D eigenvalue weighted by atomic mass is 10.2. The SMILES string of the molecule is COc1cccc(N=S2(=O)CCC2)c1[N+](=O)[O-]. The predicted octanol–water partition coefficient (Wildman–Crippen LogP) is 2.11. The first-order valence-electron chi connectivity index (χ1n) is 5.10. The number of para-hydroxylation sites is 1. The van der Waals surface area contributed by atoms with Crippen LogP contribution in [0, 0.1) is 10.1 Å². The van der Waals surface area contributed by atoms with E-state index in [0.29, 0.717) is 11.5 Å². The molecule has 0 N–H and O–H groups in total. The van der Waals surface area contributed by atoms with Crippen LogP contribution in [-0.4, -0.2) is 27.7 Å². The van der Waals surface area contributed by atoms with Crippen LogP contribution in [-0.2, 0) is 9.73 Å². The number of nitrogens with zero attached hydrogens (tertiary/aromatic N) is 2. The molecule has 0 saturated carbocycles. The fourth-order valence-corrected chi connectivity index (χ4v) is 3.07. The maximum Gasteiger partial charge on any atom is 0.336 e. The Morgan fingerprint density at radius 1 is 1.47 bits per heavy atom. The first-order chi connectivity index (χ1) is 8.06. The standard InChI is InChI=1S/C10H12N2O4S/c1-16-9-5-2-4-8(10(9)12(13)14)11-17(15)6-3-7-17/h2,4-5H,3,6-7H2,1H3. The Labute approximate surface area is 98.9 Å². The van der Waals surface area contributed by atoms with E-state index in [0.717, 1.165) is 6.42 Å². The highest BCUT2D eigenvalue weighted by atomic mass is 32.2. The van der Waals surface area contributed by atoms with Crippen molar-refractivity contribution in [2.24, 2.45) is 4.36 Å². The summed E-state index contributed by atoms with van der Waals surface area (Å²) in [7, 11) is -0.902. The molecule has 1 heterocycles. The van der Waals surface area contributed by atoms with Gasteiger partial charge in [0.05, 0.1) is 21.8 Å². The van der Waals surface area contributed by atoms with Gasteiger partial charge in [0, 0.05) is 11.5 Å². The monoisotopic (exact) mass is 256 g/mol. The number of rotatable bonds is 3. The van der Waals surface area contributed by atoms with Gasteiger partial charge < -0.3 is 4.74 Å². The third kappa shape index (κ3) is 2.23. The number of nitro benzene ring substituents is 1. The molecule has 1 aromatic carbocycles. The van der Waals surface area contributed by atoms with Crippen LogP contribution in [0.3, 0.4) is 0 Å². The van der Waals surface area contributed by atoms with Crippen molar-refractivity contribution in [3.8, 4) is 5.75 Å². The summed E-state index contributed by atoms with van der Waals surface area (Å²) in [6.07, 6.45) is 0.861. The lowest BCUT2D eigenvalue weighted by Gasteiger charge is -2.17. The second kappa shape index (κ2) is 4.33. The maximum absolute atomic E-state index is 12.0. The van der Waals surface area contributed by atoms with Crippen molar-refractivity contribution >= 4 is 21.1 Å². The average Bonchev–Trinajstić information content (AvgIpc) is 2.26. The molecule has 0 amide bonds. The quantitative estimate of drug-likeness (QED) is 0.612. The molecule has 1 aromatic rings. The lowest BCUT2D eigenvalue weighted by molar-refractivity contribution is -0.384. The third-order valence-corrected chi connectivity index (χ3v) is 4.95. The number of hydrogen-bond acceptors (Lipinski definition) is 5. The van der Waals surface area contributed by atoms with Crippen LogP contribution in [0.4, 0.5) is 11.4 Å². The molecule has 0 spiro atoms. The van der Waals surface area contributed by atoms with Gasteiger partial charge in [-0.15, -0.1) is 0 Å². The van der Waals surface area contributed by atoms with Gasteiger partial charge in [-0.1, -0.05) is 6.07 Å². The molecule has 17 heavy (non-hydrogen) atoms. The fraction of sp³-hybridized carbons (Fsp3) is 0.400. The second-order valence-corrected chi connectivity index (χ2v) is 6.25. The van der Waals surface area contributed by atoms with E-state index in [1.165, 1.54) is 19.2 Å². The zero-order valence-electron chi connectivity index (χ0n) is 9.29. The van der Waals surface area contributed by atoms with Gasteiger partial charge in [0.1, 0.15) is 0 Å². The van der Waals surface area contributed by atoms with E-state index in [9.17, 15) is 14.3 Å². The zero-order chi connectivity index (χ0) is 12.5. The molecule has 2 rings (SSSR count). The van der Waals surface area contributed by atoms with Gasteiger partial charge in [0.2, 0.25) is 0 Å². The first kappa shape index (κ1) is 11.8. The third-order valence-electron chi connectivity index (χ3n) is 2.57. The minimum atomic E-state index is -2.26. The highest BCUT2D eigenvalue weighted by Gasteiger charge is 2.25. The van der Waals surface area contributed by atoms with Crippen LogP contribution in [0.5, 0.6) is 5.75 Å².